The topological polar surface area (TPSA) is 103 Å². The van der Waals surface area contributed by atoms with Crippen LogP contribution in [0.25, 0.3) is 5.69 Å². The number of anilines is 1. The van der Waals surface area contributed by atoms with Gasteiger partial charge < -0.3 is 5.73 Å². The van der Waals surface area contributed by atoms with Gasteiger partial charge in [0.25, 0.3) is 0 Å². The number of benzene rings is 1. The zero-order valence-electron chi connectivity index (χ0n) is 13.3. The van der Waals surface area contributed by atoms with E-state index in [1.165, 1.54) is 12.3 Å². The summed E-state index contributed by atoms with van der Waals surface area (Å²) in [5.41, 5.74) is 8.09. The summed E-state index contributed by atoms with van der Waals surface area (Å²) in [5.74, 6) is -0.104. The predicted molar refractivity (Wildman–Crippen MR) is 96.0 cm³/mol. The van der Waals surface area contributed by atoms with Gasteiger partial charge in [-0.15, -0.1) is 0 Å². The molecule has 0 radical (unpaired) electrons. The van der Waals surface area contributed by atoms with Gasteiger partial charge in [0.15, 0.2) is 0 Å². The lowest BCUT2D eigenvalue weighted by Crippen LogP contribution is -2.25. The number of nitrogens with one attached hydrogen (secondary N) is 1. The minimum absolute atomic E-state index is 0.0728. The van der Waals surface area contributed by atoms with Crippen LogP contribution in [0.2, 0.25) is 5.02 Å². The monoisotopic (exact) mass is 377 g/mol. The van der Waals surface area contributed by atoms with Gasteiger partial charge in [-0.05, 0) is 30.7 Å². The Hall–Kier alpha value is -2.42. The molecule has 3 rings (SSSR count). The summed E-state index contributed by atoms with van der Waals surface area (Å²) in [6.07, 6.45) is 3.12. The highest BCUT2D eigenvalue weighted by atomic mass is 35.5. The van der Waals surface area contributed by atoms with Gasteiger partial charge in [-0.1, -0.05) is 29.8 Å². The molecular formula is C16H16ClN5O2S. The lowest BCUT2D eigenvalue weighted by molar-refractivity contribution is 0.581. The summed E-state index contributed by atoms with van der Waals surface area (Å²) < 4.78 is 29.3. The Morgan fingerprint density at radius 1 is 1.28 bits per heavy atom. The average molecular weight is 378 g/mol. The van der Waals surface area contributed by atoms with Crippen molar-refractivity contribution >= 4 is 27.4 Å². The standard InChI is InChI=1S/C16H16ClN5O2S/c1-11-6-7-22(21-11)14-5-3-2-4-12(14)9-20-25(23,24)15-8-13(17)10-19-16(15)18/h2-8,10,20H,9H2,1H3,(H2,18,19). The second-order valence-electron chi connectivity index (χ2n) is 5.39. The molecule has 130 valence electrons. The fourth-order valence-corrected chi connectivity index (χ4v) is 3.66. The molecule has 9 heteroatoms. The highest BCUT2D eigenvalue weighted by Crippen LogP contribution is 2.21. The molecule has 0 unspecified atom stereocenters. The summed E-state index contributed by atoms with van der Waals surface area (Å²) in [6.45, 7) is 1.96. The molecule has 2 aromatic heterocycles. The molecule has 25 heavy (non-hydrogen) atoms. The second-order valence-corrected chi connectivity index (χ2v) is 7.56. The van der Waals surface area contributed by atoms with E-state index in [2.05, 4.69) is 14.8 Å². The minimum atomic E-state index is -3.86. The maximum Gasteiger partial charge on any atom is 0.244 e. The van der Waals surface area contributed by atoms with Gasteiger partial charge in [-0.3, -0.25) is 0 Å². The highest BCUT2D eigenvalue weighted by molar-refractivity contribution is 7.89. The molecule has 0 bridgehead atoms. The molecule has 0 aliphatic heterocycles. The first kappa shape index (κ1) is 17.4. The summed E-state index contributed by atoms with van der Waals surface area (Å²) in [5, 5.41) is 4.56. The Balaban J connectivity index is 1.88. The number of nitrogens with zero attached hydrogens (tertiary/aromatic N) is 3. The number of aromatic nitrogens is 3. The smallest absolute Gasteiger partial charge is 0.244 e. The van der Waals surface area contributed by atoms with Crippen molar-refractivity contribution < 1.29 is 8.42 Å². The van der Waals surface area contributed by atoms with E-state index in [0.29, 0.717) is 0 Å². The van der Waals surface area contributed by atoms with E-state index in [9.17, 15) is 8.42 Å². The van der Waals surface area contributed by atoms with Crippen molar-refractivity contribution in [3.8, 4) is 5.69 Å². The van der Waals surface area contributed by atoms with Crippen LogP contribution >= 0.6 is 11.6 Å². The van der Waals surface area contributed by atoms with Gasteiger partial charge in [0.1, 0.15) is 10.7 Å². The van der Waals surface area contributed by atoms with Crippen LogP contribution in [0.4, 0.5) is 5.82 Å². The maximum atomic E-state index is 12.5. The van der Waals surface area contributed by atoms with Gasteiger partial charge in [-0.25, -0.2) is 22.8 Å². The highest BCUT2D eigenvalue weighted by Gasteiger charge is 2.19. The summed E-state index contributed by atoms with van der Waals surface area (Å²) in [4.78, 5) is 3.63. The SMILES string of the molecule is Cc1ccn(-c2ccccc2CNS(=O)(=O)c2cc(Cl)cnc2N)n1. The van der Waals surface area contributed by atoms with Gasteiger partial charge in [0.2, 0.25) is 10.0 Å². The van der Waals surface area contributed by atoms with Crippen molar-refractivity contribution in [2.75, 3.05) is 5.73 Å². The third-order valence-corrected chi connectivity index (χ3v) is 5.19. The Kier molecular flexibility index (Phi) is 4.76. The number of nitrogens with two attached hydrogens (primary N) is 1. The van der Waals surface area contributed by atoms with E-state index in [-0.39, 0.29) is 22.3 Å². The van der Waals surface area contributed by atoms with Crippen molar-refractivity contribution in [3.63, 3.8) is 0 Å². The van der Waals surface area contributed by atoms with Crippen LogP contribution in [-0.2, 0) is 16.6 Å². The van der Waals surface area contributed by atoms with E-state index >= 15 is 0 Å². The number of hydrogen-bond acceptors (Lipinski definition) is 5. The summed E-state index contributed by atoms with van der Waals surface area (Å²) in [7, 11) is -3.86. The molecule has 2 heterocycles. The maximum absolute atomic E-state index is 12.5. The van der Waals surface area contributed by atoms with Crippen LogP contribution in [0, 0.1) is 6.92 Å². The quantitative estimate of drug-likeness (QED) is 0.710. The van der Waals surface area contributed by atoms with E-state index in [1.54, 1.807) is 4.68 Å². The zero-order chi connectivity index (χ0) is 18.0. The number of pyridine rings is 1. The first-order chi connectivity index (χ1) is 11.9. The van der Waals surface area contributed by atoms with Gasteiger partial charge >= 0.3 is 0 Å². The summed E-state index contributed by atoms with van der Waals surface area (Å²) >= 11 is 5.83. The van der Waals surface area contributed by atoms with E-state index in [1.807, 2.05) is 43.5 Å². The van der Waals surface area contributed by atoms with E-state index in [4.69, 9.17) is 17.3 Å². The summed E-state index contributed by atoms with van der Waals surface area (Å²) in [6, 6.07) is 10.5. The Morgan fingerprint density at radius 2 is 2.04 bits per heavy atom. The number of aryl methyl sites for hydroxylation is 1. The average Bonchev–Trinajstić information content (AvgIpc) is 3.02. The molecule has 0 amide bonds. The van der Waals surface area contributed by atoms with Gasteiger partial charge in [0, 0.05) is 18.9 Å². The molecule has 0 aliphatic rings. The third-order valence-electron chi connectivity index (χ3n) is 3.55. The zero-order valence-corrected chi connectivity index (χ0v) is 14.9. The van der Waals surface area contributed by atoms with Crippen molar-refractivity contribution in [2.45, 2.75) is 18.4 Å². The van der Waals surface area contributed by atoms with Crippen molar-refractivity contribution in [2.24, 2.45) is 0 Å². The fourth-order valence-electron chi connectivity index (χ4n) is 2.33. The van der Waals surface area contributed by atoms with Crippen molar-refractivity contribution in [1.82, 2.24) is 19.5 Å². The first-order valence-corrected chi connectivity index (χ1v) is 9.24. The van der Waals surface area contributed by atoms with Crippen molar-refractivity contribution in [3.05, 3.63) is 65.1 Å². The molecule has 7 nitrogen and oxygen atoms in total. The number of sulfonamides is 1. The number of hydrogen-bond donors (Lipinski definition) is 2. The van der Waals surface area contributed by atoms with Crippen LogP contribution in [0.3, 0.4) is 0 Å². The molecule has 3 aromatic rings. The Labute approximate surface area is 150 Å². The van der Waals surface area contributed by atoms with Crippen LogP contribution in [0.1, 0.15) is 11.3 Å². The molecule has 0 saturated heterocycles. The second kappa shape index (κ2) is 6.83. The predicted octanol–water partition coefficient (Wildman–Crippen LogP) is 2.29. The minimum Gasteiger partial charge on any atom is -0.383 e. The number of halogens is 1. The van der Waals surface area contributed by atoms with Crippen LogP contribution in [0.15, 0.2) is 53.7 Å². The van der Waals surface area contributed by atoms with Crippen molar-refractivity contribution in [1.29, 1.82) is 0 Å². The normalized spacial score (nSPS) is 11.6. The van der Waals surface area contributed by atoms with Gasteiger partial charge in [-0.2, -0.15) is 5.10 Å². The molecule has 0 fully saturated rings. The number of rotatable bonds is 5. The van der Waals surface area contributed by atoms with E-state index in [0.717, 1.165) is 16.9 Å². The van der Waals surface area contributed by atoms with Crippen LogP contribution in [-0.4, -0.2) is 23.2 Å². The molecule has 0 aliphatic carbocycles. The molecule has 0 atom stereocenters. The van der Waals surface area contributed by atoms with Gasteiger partial charge in [0.05, 0.1) is 16.4 Å². The molecule has 0 saturated carbocycles. The lowest BCUT2D eigenvalue weighted by atomic mass is 10.2. The Morgan fingerprint density at radius 3 is 2.76 bits per heavy atom. The van der Waals surface area contributed by atoms with Crippen LogP contribution < -0.4 is 10.5 Å². The molecular weight excluding hydrogens is 362 g/mol. The number of nitrogen functional groups attached to an aromatic ring is 1. The molecule has 3 N–H and O–H groups in total. The Bertz CT molecular complexity index is 1020. The third kappa shape index (κ3) is 3.81. The van der Waals surface area contributed by atoms with E-state index < -0.39 is 10.0 Å². The molecule has 1 aromatic carbocycles. The van der Waals surface area contributed by atoms with Crippen LogP contribution in [0.5, 0.6) is 0 Å². The lowest BCUT2D eigenvalue weighted by Gasteiger charge is -2.12. The largest absolute Gasteiger partial charge is 0.383 e. The number of para-hydroxylation sites is 1. The fraction of sp³-hybridized carbons (Fsp3) is 0.125. The molecule has 0 spiro atoms. The first-order valence-electron chi connectivity index (χ1n) is 7.38.